The predicted octanol–water partition coefficient (Wildman–Crippen LogP) is -0.301. The average molecular weight is 184 g/mol. The van der Waals surface area contributed by atoms with Crippen LogP contribution < -0.4 is 5.73 Å². The molecule has 0 spiro atoms. The summed E-state index contributed by atoms with van der Waals surface area (Å²) in [7, 11) is 0. The van der Waals surface area contributed by atoms with Crippen LogP contribution >= 0.6 is 0 Å². The molecule has 0 fully saturated rings. The van der Waals surface area contributed by atoms with Crippen LogP contribution in [0, 0.1) is 17.0 Å². The van der Waals surface area contributed by atoms with E-state index in [4.69, 9.17) is 5.73 Å². The first-order chi connectivity index (χ1) is 6.07. The molecule has 0 atom stereocenters. The van der Waals surface area contributed by atoms with Crippen molar-refractivity contribution in [2.45, 2.75) is 6.92 Å². The number of hydrogen-bond acceptors (Lipinski definition) is 5. The van der Waals surface area contributed by atoms with Crippen molar-refractivity contribution in [3.05, 3.63) is 22.1 Å². The second-order valence-corrected chi connectivity index (χ2v) is 2.35. The summed E-state index contributed by atoms with van der Waals surface area (Å²) in [5.74, 6) is -0.628. The topological polar surface area (TPSA) is 104 Å². The normalized spacial score (nSPS) is 10.0. The van der Waals surface area contributed by atoms with Crippen LogP contribution in [-0.2, 0) is 0 Å². The molecule has 13 heavy (non-hydrogen) atoms. The second kappa shape index (κ2) is 3.31. The molecule has 0 aromatic carbocycles. The summed E-state index contributed by atoms with van der Waals surface area (Å²) in [5.41, 5.74) is 5.08. The van der Waals surface area contributed by atoms with Gasteiger partial charge in [-0.15, -0.1) is 4.57 Å². The lowest BCUT2D eigenvalue weighted by atomic mass is 10.5. The molecule has 1 aromatic rings. The molecular formula is C6H8N4O3. The quantitative estimate of drug-likeness (QED) is 0.501. The Morgan fingerprint density at radius 3 is 2.92 bits per heavy atom. The molecule has 7 heteroatoms. The zero-order chi connectivity index (χ0) is 10.0. The van der Waals surface area contributed by atoms with E-state index in [1.165, 1.54) is 6.92 Å². The van der Waals surface area contributed by atoms with Crippen molar-refractivity contribution in [2.75, 3.05) is 6.54 Å². The molecule has 0 aliphatic heterocycles. The highest BCUT2D eigenvalue weighted by Crippen LogP contribution is 2.12. The van der Waals surface area contributed by atoms with Crippen LogP contribution in [0.5, 0.6) is 0 Å². The lowest BCUT2D eigenvalue weighted by molar-refractivity contribution is -0.390. The number of carbonyl (C=O) groups is 1. The number of aromatic nitrogens is 2. The minimum atomic E-state index is -0.673. The van der Waals surface area contributed by atoms with Crippen molar-refractivity contribution in [2.24, 2.45) is 5.73 Å². The molecule has 1 aromatic heterocycles. The van der Waals surface area contributed by atoms with Gasteiger partial charge >= 0.3 is 11.7 Å². The second-order valence-electron chi connectivity index (χ2n) is 2.35. The van der Waals surface area contributed by atoms with Gasteiger partial charge in [-0.2, -0.15) is 0 Å². The third-order valence-corrected chi connectivity index (χ3v) is 1.53. The zero-order valence-electron chi connectivity index (χ0n) is 6.93. The molecule has 1 heterocycles. The number of nitrogens with two attached hydrogens (primary N) is 1. The molecule has 7 nitrogen and oxygen atoms in total. The third kappa shape index (κ3) is 1.54. The van der Waals surface area contributed by atoms with Crippen molar-refractivity contribution in [3.8, 4) is 0 Å². The Bertz CT molecular complexity index is 357. The average Bonchev–Trinajstić information content (AvgIpc) is 2.46. The molecule has 0 amide bonds. The molecule has 2 N–H and O–H groups in total. The fourth-order valence-electron chi connectivity index (χ4n) is 0.961. The number of rotatable bonds is 2. The molecule has 0 aliphatic carbocycles. The fraction of sp³-hybridized carbons (Fsp3) is 0.333. The van der Waals surface area contributed by atoms with E-state index >= 15 is 0 Å². The number of nitrogens with zero attached hydrogens (tertiary/aromatic N) is 3. The first-order valence-electron chi connectivity index (χ1n) is 3.50. The van der Waals surface area contributed by atoms with Crippen molar-refractivity contribution in [1.29, 1.82) is 0 Å². The summed E-state index contributed by atoms with van der Waals surface area (Å²) in [4.78, 5) is 24.5. The monoisotopic (exact) mass is 184 g/mol. The van der Waals surface area contributed by atoms with E-state index in [1.807, 2.05) is 0 Å². The largest absolute Gasteiger partial charge is 0.358 e. The van der Waals surface area contributed by atoms with E-state index in [9.17, 15) is 14.9 Å². The van der Waals surface area contributed by atoms with Crippen LogP contribution in [0.3, 0.4) is 0 Å². The first kappa shape index (κ1) is 9.33. The van der Waals surface area contributed by atoms with Crippen LogP contribution in [0.2, 0.25) is 0 Å². The van der Waals surface area contributed by atoms with E-state index in [1.54, 1.807) is 0 Å². The van der Waals surface area contributed by atoms with Gasteiger partial charge < -0.3 is 15.8 Å². The molecule has 0 saturated heterocycles. The van der Waals surface area contributed by atoms with Crippen molar-refractivity contribution < 1.29 is 9.72 Å². The van der Waals surface area contributed by atoms with Crippen molar-refractivity contribution >= 4 is 11.7 Å². The van der Waals surface area contributed by atoms with Gasteiger partial charge in [0.25, 0.3) is 0 Å². The van der Waals surface area contributed by atoms with Gasteiger partial charge in [0.05, 0.1) is 6.54 Å². The van der Waals surface area contributed by atoms with Gasteiger partial charge in [0.1, 0.15) is 6.20 Å². The minimum Gasteiger partial charge on any atom is -0.358 e. The standard InChI is InChI=1S/C6H8N4O3/c1-4-8-3-5(10(12)13)9(4)6(11)2-7/h3H,2,7H2,1H3. The lowest BCUT2D eigenvalue weighted by Crippen LogP contribution is -2.23. The van der Waals surface area contributed by atoms with Gasteiger partial charge in [-0.3, -0.25) is 0 Å². The summed E-state index contributed by atoms with van der Waals surface area (Å²) in [6.45, 7) is 1.22. The van der Waals surface area contributed by atoms with Crippen LogP contribution in [0.1, 0.15) is 10.6 Å². The van der Waals surface area contributed by atoms with E-state index in [0.717, 1.165) is 10.8 Å². The molecule has 70 valence electrons. The van der Waals surface area contributed by atoms with E-state index in [-0.39, 0.29) is 18.2 Å². The maximum absolute atomic E-state index is 11.1. The summed E-state index contributed by atoms with van der Waals surface area (Å²) in [5, 5.41) is 10.4. The van der Waals surface area contributed by atoms with E-state index in [0.29, 0.717) is 0 Å². The van der Waals surface area contributed by atoms with Crippen molar-refractivity contribution in [3.63, 3.8) is 0 Å². The number of carbonyl (C=O) groups excluding carboxylic acids is 1. The molecule has 0 radical (unpaired) electrons. The van der Waals surface area contributed by atoms with E-state index in [2.05, 4.69) is 4.98 Å². The van der Waals surface area contributed by atoms with E-state index < -0.39 is 10.8 Å². The number of nitro groups is 1. The molecular weight excluding hydrogens is 176 g/mol. The SMILES string of the molecule is Cc1ncc([N+](=O)[O-])n1C(=O)CN. The summed E-state index contributed by atoms with van der Waals surface area (Å²) in [6.07, 6.45) is 1.03. The third-order valence-electron chi connectivity index (χ3n) is 1.53. The van der Waals surface area contributed by atoms with Gasteiger partial charge in [0.2, 0.25) is 5.82 Å². The Morgan fingerprint density at radius 1 is 1.85 bits per heavy atom. The van der Waals surface area contributed by atoms with Crippen LogP contribution in [-0.4, -0.2) is 26.9 Å². The Morgan fingerprint density at radius 2 is 2.46 bits per heavy atom. The lowest BCUT2D eigenvalue weighted by Gasteiger charge is -1.97. The maximum Gasteiger partial charge on any atom is 0.350 e. The number of imidazole rings is 1. The highest BCUT2D eigenvalue weighted by atomic mass is 16.6. The highest BCUT2D eigenvalue weighted by molar-refractivity contribution is 5.83. The molecule has 0 bridgehead atoms. The Balaban J connectivity index is 3.24. The van der Waals surface area contributed by atoms with Gasteiger partial charge in [-0.25, -0.2) is 9.78 Å². The summed E-state index contributed by atoms with van der Waals surface area (Å²) < 4.78 is 0.889. The molecule has 0 aliphatic rings. The van der Waals surface area contributed by atoms with Gasteiger partial charge in [0.15, 0.2) is 0 Å². The first-order valence-corrected chi connectivity index (χ1v) is 3.50. The van der Waals surface area contributed by atoms with Gasteiger partial charge in [-0.05, 0) is 4.92 Å². The Hall–Kier alpha value is -1.76. The molecule has 1 rings (SSSR count). The number of hydrogen-bond donors (Lipinski definition) is 1. The fourth-order valence-corrected chi connectivity index (χ4v) is 0.961. The van der Waals surface area contributed by atoms with Crippen molar-refractivity contribution in [1.82, 2.24) is 9.55 Å². The predicted molar refractivity (Wildman–Crippen MR) is 43.3 cm³/mol. The smallest absolute Gasteiger partial charge is 0.350 e. The number of aryl methyl sites for hydroxylation is 1. The van der Waals surface area contributed by atoms with Crippen LogP contribution in [0.25, 0.3) is 0 Å². The zero-order valence-corrected chi connectivity index (χ0v) is 6.93. The van der Waals surface area contributed by atoms with Crippen LogP contribution in [0.15, 0.2) is 6.20 Å². The molecule has 0 saturated carbocycles. The Kier molecular flexibility index (Phi) is 2.38. The van der Waals surface area contributed by atoms with Crippen LogP contribution in [0.4, 0.5) is 5.82 Å². The Labute approximate surface area is 73.3 Å². The van der Waals surface area contributed by atoms with Gasteiger partial charge in [-0.1, -0.05) is 0 Å². The highest BCUT2D eigenvalue weighted by Gasteiger charge is 2.22. The summed E-state index contributed by atoms with van der Waals surface area (Å²) in [6, 6.07) is 0. The minimum absolute atomic E-state index is 0.266. The summed E-state index contributed by atoms with van der Waals surface area (Å²) >= 11 is 0. The molecule has 0 unspecified atom stereocenters. The maximum atomic E-state index is 11.1. The van der Waals surface area contributed by atoms with Gasteiger partial charge in [0, 0.05) is 6.92 Å².